The van der Waals surface area contributed by atoms with Crippen LogP contribution in [0.3, 0.4) is 0 Å². The molecular formula is C10H28F6N3O18P6U-5. The van der Waals surface area contributed by atoms with Gasteiger partial charge in [-0.15, -0.1) is 25.2 Å². The minimum atomic E-state index is -5.14. The van der Waals surface area contributed by atoms with Crippen molar-refractivity contribution in [2.45, 2.75) is 0 Å². The number of nitrogens with zero attached hydrogens (tertiary/aromatic N) is 3. The second-order valence-electron chi connectivity index (χ2n) is 4.62. The van der Waals surface area contributed by atoms with Crippen LogP contribution in [0, 0.1) is 60.8 Å². The molecule has 1 aromatic heterocycles. The molecule has 272 valence electrons. The second kappa shape index (κ2) is 31.7. The molecule has 44 heavy (non-hydrogen) atoms. The number of benzene rings is 1. The van der Waals surface area contributed by atoms with E-state index in [0.29, 0.717) is 0 Å². The maximum absolute atomic E-state index is 10.4. The van der Waals surface area contributed by atoms with Crippen LogP contribution in [0.25, 0.3) is 11.0 Å². The molecule has 0 unspecified atom stereocenters. The van der Waals surface area contributed by atoms with Crippen molar-refractivity contribution in [3.63, 3.8) is 0 Å². The van der Waals surface area contributed by atoms with Crippen molar-refractivity contribution in [2.24, 2.45) is 0 Å². The summed E-state index contributed by atoms with van der Waals surface area (Å²) in [5.41, 5.74) is 1.72. The van der Waals surface area contributed by atoms with Gasteiger partial charge in [0, 0.05) is 31.1 Å². The van der Waals surface area contributed by atoms with Gasteiger partial charge in [-0.1, -0.05) is 24.3 Å². The molecule has 0 spiro atoms. The van der Waals surface area contributed by atoms with Crippen molar-refractivity contribution in [2.75, 3.05) is 0 Å². The summed E-state index contributed by atoms with van der Waals surface area (Å²) in [5.74, 6) is 0. The monoisotopic (exact) mass is 1020 g/mol. The van der Waals surface area contributed by atoms with Gasteiger partial charge >= 0.3 is 47.4 Å². The summed E-state index contributed by atoms with van der Waals surface area (Å²) in [7, 11) is -30.8. The zero-order valence-electron chi connectivity index (χ0n) is 21.9. The van der Waals surface area contributed by atoms with E-state index in [1.54, 1.807) is 0 Å². The van der Waals surface area contributed by atoms with Gasteiger partial charge in [-0.05, 0) is 11.0 Å². The Kier molecular flexibility index (Phi) is 50.8. The van der Waals surface area contributed by atoms with Crippen LogP contribution in [0.4, 0.5) is 25.2 Å². The summed E-state index contributed by atoms with van der Waals surface area (Å²) in [6.45, 7) is 0. The molecule has 0 saturated heterocycles. The molecule has 0 fully saturated rings. The van der Waals surface area contributed by atoms with Gasteiger partial charge < -0.3 is 39.9 Å². The predicted octanol–water partition coefficient (Wildman–Crippen LogP) is 2.68. The van der Waals surface area contributed by atoms with E-state index in [9.17, 15) is 25.2 Å². The van der Waals surface area contributed by atoms with Gasteiger partial charge in [0.2, 0.25) is 0 Å². The summed E-state index contributed by atoms with van der Waals surface area (Å²) < 4.78 is 114. The number of hydrogen-bond donors (Lipinski definition) is 12. The van der Waals surface area contributed by atoms with E-state index in [1.165, 1.54) is 0 Å². The van der Waals surface area contributed by atoms with Crippen LogP contribution in [-0.2, 0) is 27.4 Å². The van der Waals surface area contributed by atoms with Crippen molar-refractivity contribution in [1.29, 1.82) is 0 Å². The zero-order valence-corrected chi connectivity index (χ0v) is 31.4. The molecule has 2 rings (SSSR count). The van der Waals surface area contributed by atoms with Gasteiger partial charge in [-0.3, -0.25) is 63.9 Å². The first kappa shape index (κ1) is 70.5. The van der Waals surface area contributed by atoms with E-state index in [-0.39, 0.29) is 60.8 Å². The molecule has 0 aliphatic carbocycles. The Morgan fingerprint density at radius 2 is 0.659 bits per heavy atom. The quantitative estimate of drug-likeness (QED) is 0.102. The molecule has 0 amide bonds. The van der Waals surface area contributed by atoms with E-state index in [4.69, 9.17) is 86.1 Å². The molecule has 0 radical (unpaired) electrons. The van der Waals surface area contributed by atoms with E-state index < -0.39 is 47.4 Å². The molecule has 1 heterocycles. The van der Waals surface area contributed by atoms with Crippen LogP contribution in [0.15, 0.2) is 24.3 Å². The van der Waals surface area contributed by atoms with Crippen LogP contribution in [0.5, 0.6) is 0 Å². The van der Waals surface area contributed by atoms with Gasteiger partial charge in [0.1, 0.15) is 0 Å². The Morgan fingerprint density at radius 1 is 0.477 bits per heavy atom. The van der Waals surface area contributed by atoms with Crippen molar-refractivity contribution < 1.29 is 142 Å². The van der Waals surface area contributed by atoms with E-state index in [0.717, 1.165) is 11.0 Å². The molecule has 2 aromatic rings. The third-order valence-corrected chi connectivity index (χ3v) is 1.19. The molecule has 1 aromatic carbocycles. The first-order chi connectivity index (χ1) is 16.5. The maximum Gasteiger partial charge on any atom is 0.507 e. The van der Waals surface area contributed by atoms with E-state index in [1.807, 2.05) is 24.3 Å². The van der Waals surface area contributed by atoms with E-state index in [2.05, 4.69) is 15.4 Å². The summed E-state index contributed by atoms with van der Waals surface area (Å²) in [4.78, 5) is 83.6. The Bertz CT molecular complexity index is 977. The first-order valence-corrected chi connectivity index (χ1v) is 16.2. The Balaban J connectivity index is -0.0000000383. The number of halogens is 6. The summed E-state index contributed by atoms with van der Waals surface area (Å²) in [6.07, 6.45) is 0. The van der Waals surface area contributed by atoms with Gasteiger partial charge in [0.25, 0.3) is 0 Å². The fourth-order valence-corrected chi connectivity index (χ4v) is 0.752. The first-order valence-electron chi connectivity index (χ1n) is 7.18. The maximum atomic E-state index is 10.4. The molecule has 34 heteroatoms. The zero-order chi connectivity index (χ0) is 33.1. The molecule has 0 bridgehead atoms. The third kappa shape index (κ3) is 243. The van der Waals surface area contributed by atoms with Crippen molar-refractivity contribution in [3.05, 3.63) is 54.0 Å². The van der Waals surface area contributed by atoms with Crippen LogP contribution in [0.2, 0.25) is 0 Å². The smallest absolute Gasteiger partial charge is 0.358 e. The third-order valence-electron chi connectivity index (χ3n) is 1.19. The minimum Gasteiger partial charge on any atom is -0.358 e. The largest absolute Gasteiger partial charge is 0.507 e. The van der Waals surface area contributed by atoms with Crippen LogP contribution >= 0.6 is 47.4 Å². The predicted molar refractivity (Wildman–Crippen MR) is 137 cm³/mol. The average molecular weight is 1020 g/mol. The Labute approximate surface area is 269 Å². The molecule has 12 N–H and O–H groups in total. The molecule has 0 atom stereocenters. The molecular weight excluding hydrogens is 988 g/mol. The fourth-order valence-electron chi connectivity index (χ4n) is 0.752. The standard InChI is InChI=1S/C6H4N3.4CH3.6FH2O3P.U/c1-2-4-6-5(3-1)7-9-8-6;;;;;6*1-5(2,3)4;/h1-4H;4*1H3;6*(H2,2,3,4);/q5*-1;;;;;;;. The van der Waals surface area contributed by atoms with Gasteiger partial charge in [0.05, 0.1) is 0 Å². The topological polar surface area (TPSA) is 385 Å². The van der Waals surface area contributed by atoms with E-state index >= 15 is 0 Å². The molecule has 0 saturated carbocycles. The Morgan fingerprint density at radius 3 is 0.841 bits per heavy atom. The SMILES string of the molecule is O=P(O)(O)F.O=P(O)(O)F.O=P(O)(O)F.O=P(O)(O)F.O=P(O)(O)F.O=P(O)(O)F.[CH3-].[CH3-].[CH3-].[CH3-].[U].c1ccc2[n-]nnc2c1. The van der Waals surface area contributed by atoms with Crippen LogP contribution in [-0.4, -0.2) is 69.0 Å². The Hall–Kier alpha value is 0.152. The fraction of sp³-hybridized carbons (Fsp3) is 0. The molecule has 0 aliphatic heterocycles. The number of aromatic nitrogens is 3. The van der Waals surface area contributed by atoms with Crippen molar-refractivity contribution in [3.8, 4) is 0 Å². The van der Waals surface area contributed by atoms with Crippen molar-refractivity contribution >= 4 is 58.5 Å². The number of hydrogen-bond acceptors (Lipinski definition) is 8. The number of fused-ring (bicyclic) bond motifs is 1. The normalized spacial score (nSPS) is 10.1. The summed E-state index contributed by atoms with van der Waals surface area (Å²) in [6, 6.07) is 7.60. The van der Waals surface area contributed by atoms with Gasteiger partial charge in [-0.25, -0.2) is 27.4 Å². The number of rotatable bonds is 0. The van der Waals surface area contributed by atoms with Crippen molar-refractivity contribution in [1.82, 2.24) is 15.4 Å². The minimum absolute atomic E-state index is 0. The van der Waals surface area contributed by atoms with Gasteiger partial charge in [-0.2, -0.15) is 0 Å². The van der Waals surface area contributed by atoms with Gasteiger partial charge in [0.15, 0.2) is 0 Å². The average Bonchev–Trinajstić information content (AvgIpc) is 2.92. The summed E-state index contributed by atoms with van der Waals surface area (Å²) >= 11 is 0. The summed E-state index contributed by atoms with van der Waals surface area (Å²) in [5, 5.41) is 11.0. The molecule has 0 aliphatic rings. The second-order valence-corrected chi connectivity index (χ2v) is 10.3. The molecule has 21 nitrogen and oxygen atoms in total. The van der Waals surface area contributed by atoms with Crippen LogP contribution in [0.1, 0.15) is 0 Å². The van der Waals surface area contributed by atoms with Crippen LogP contribution < -0.4 is 5.10 Å².